The topological polar surface area (TPSA) is 110 Å². The van der Waals surface area contributed by atoms with E-state index in [-0.39, 0.29) is 5.82 Å². The lowest BCUT2D eigenvalue weighted by Gasteiger charge is -2.05. The fraction of sp³-hybridized carbons (Fsp3) is 0.0833. The van der Waals surface area contributed by atoms with Gasteiger partial charge in [0.05, 0.1) is 23.6 Å². The number of azo groups is 1. The molecule has 2 rings (SSSR count). The lowest BCUT2D eigenvalue weighted by Crippen LogP contribution is -2.28. The van der Waals surface area contributed by atoms with E-state index in [9.17, 15) is 5.21 Å². The molecule has 19 heavy (non-hydrogen) atoms. The third-order valence-corrected chi connectivity index (χ3v) is 2.46. The molecule has 2 aromatic rings. The van der Waals surface area contributed by atoms with E-state index in [1.54, 1.807) is 30.3 Å². The zero-order chi connectivity index (χ0) is 13.8. The van der Waals surface area contributed by atoms with Crippen molar-refractivity contribution in [1.82, 2.24) is 0 Å². The number of benzene rings is 1. The van der Waals surface area contributed by atoms with Crippen LogP contribution in [0.1, 0.15) is 0 Å². The van der Waals surface area contributed by atoms with E-state index in [0.717, 1.165) is 4.73 Å². The number of nitrogen functional groups attached to an aromatic ring is 2. The fourth-order valence-corrected chi connectivity index (χ4v) is 1.48. The maximum absolute atomic E-state index is 9.49. The van der Waals surface area contributed by atoms with Crippen LogP contribution in [0.2, 0.25) is 0 Å². The van der Waals surface area contributed by atoms with Gasteiger partial charge in [-0.2, -0.15) is 0 Å². The maximum atomic E-state index is 9.49. The molecular weight excluding hydrogens is 246 g/mol. The van der Waals surface area contributed by atoms with E-state index in [1.165, 1.54) is 13.3 Å². The third-order valence-electron chi connectivity index (χ3n) is 2.46. The van der Waals surface area contributed by atoms with Crippen LogP contribution in [0.25, 0.3) is 0 Å². The smallest absolute Gasteiger partial charge is 0.388 e. The third kappa shape index (κ3) is 2.71. The van der Waals surface area contributed by atoms with Gasteiger partial charge in [-0.15, -0.1) is 0 Å². The summed E-state index contributed by atoms with van der Waals surface area (Å²) in [5.41, 5.74) is 12.7. The van der Waals surface area contributed by atoms with Crippen molar-refractivity contribution in [1.29, 1.82) is 0 Å². The van der Waals surface area contributed by atoms with E-state index in [1.807, 2.05) is 0 Å². The summed E-state index contributed by atoms with van der Waals surface area (Å²) >= 11 is 0. The summed E-state index contributed by atoms with van der Waals surface area (Å²) in [6, 6.07) is 8.13. The zero-order valence-corrected chi connectivity index (χ0v) is 10.3. The van der Waals surface area contributed by atoms with Crippen LogP contribution < -0.4 is 20.9 Å². The summed E-state index contributed by atoms with van der Waals surface area (Å²) in [6.45, 7) is 0. The molecule has 0 fully saturated rings. The molecule has 7 heteroatoms. The first kappa shape index (κ1) is 12.6. The number of nitrogens with zero attached hydrogens (tertiary/aromatic N) is 3. The molecule has 0 bridgehead atoms. The summed E-state index contributed by atoms with van der Waals surface area (Å²) in [6.07, 6.45) is 1.45. The van der Waals surface area contributed by atoms with E-state index in [2.05, 4.69) is 10.2 Å². The Morgan fingerprint density at radius 2 is 1.95 bits per heavy atom. The number of hydrogen-bond acceptors (Lipinski definition) is 6. The van der Waals surface area contributed by atoms with Crippen LogP contribution in [-0.4, -0.2) is 12.3 Å². The van der Waals surface area contributed by atoms with Crippen LogP contribution in [0.4, 0.5) is 22.9 Å². The lowest BCUT2D eigenvalue weighted by atomic mass is 10.2. The number of rotatable bonds is 3. The molecule has 0 unspecified atom stereocenters. The van der Waals surface area contributed by atoms with E-state index in [4.69, 9.17) is 16.2 Å². The normalized spacial score (nSPS) is 10.8. The minimum Gasteiger partial charge on any atom is -0.495 e. The fourth-order valence-electron chi connectivity index (χ4n) is 1.48. The molecular formula is C12H14N5O2+. The Balaban J connectivity index is 2.36. The first-order valence-corrected chi connectivity index (χ1v) is 5.46. The highest BCUT2D eigenvalue weighted by Crippen LogP contribution is 2.33. The minimum atomic E-state index is 0.276. The van der Waals surface area contributed by atoms with Crippen LogP contribution in [0, 0.1) is 0 Å². The van der Waals surface area contributed by atoms with Gasteiger partial charge in [0.25, 0.3) is 0 Å². The van der Waals surface area contributed by atoms with Gasteiger partial charge in [-0.3, -0.25) is 0 Å². The largest absolute Gasteiger partial charge is 0.495 e. The highest BCUT2D eigenvalue weighted by Gasteiger charge is 2.10. The number of pyridine rings is 1. The molecule has 0 saturated heterocycles. The molecule has 0 radical (unpaired) electrons. The van der Waals surface area contributed by atoms with Crippen LogP contribution in [-0.2, 0) is 0 Å². The molecule has 0 aliphatic rings. The molecule has 0 saturated carbocycles. The van der Waals surface area contributed by atoms with E-state index in [0.29, 0.717) is 22.8 Å². The van der Waals surface area contributed by atoms with Crippen LogP contribution in [0.15, 0.2) is 46.8 Å². The summed E-state index contributed by atoms with van der Waals surface area (Å²) in [7, 11) is 1.50. The highest BCUT2D eigenvalue weighted by atomic mass is 16.5. The summed E-state index contributed by atoms with van der Waals surface area (Å²) in [4.78, 5) is 0. The average Bonchev–Trinajstić information content (AvgIpc) is 2.39. The Kier molecular flexibility index (Phi) is 3.46. The van der Waals surface area contributed by atoms with Crippen molar-refractivity contribution in [3.63, 3.8) is 0 Å². The summed E-state index contributed by atoms with van der Waals surface area (Å²) in [5, 5.41) is 17.4. The molecule has 0 atom stereocenters. The van der Waals surface area contributed by atoms with Crippen LogP contribution >= 0.6 is 0 Å². The first-order valence-electron chi connectivity index (χ1n) is 5.46. The lowest BCUT2D eigenvalue weighted by molar-refractivity contribution is -0.894. The molecule has 1 heterocycles. The Morgan fingerprint density at radius 1 is 1.16 bits per heavy atom. The van der Waals surface area contributed by atoms with Crippen molar-refractivity contribution in [3.8, 4) is 5.75 Å². The SMILES string of the molecule is COc1cc(N=Nc2cccc[n+]2O)c(N)cc1N. The number of aromatic nitrogens is 1. The van der Waals surface area contributed by atoms with Crippen molar-refractivity contribution < 1.29 is 14.7 Å². The predicted octanol–water partition coefficient (Wildman–Crippen LogP) is 1.80. The predicted molar refractivity (Wildman–Crippen MR) is 69.8 cm³/mol. The van der Waals surface area contributed by atoms with Gasteiger partial charge in [0.2, 0.25) is 0 Å². The van der Waals surface area contributed by atoms with Gasteiger partial charge in [-0.1, -0.05) is 0 Å². The van der Waals surface area contributed by atoms with Crippen molar-refractivity contribution in [3.05, 3.63) is 36.5 Å². The Bertz CT molecular complexity index is 628. The second-order valence-corrected chi connectivity index (χ2v) is 3.76. The second-order valence-electron chi connectivity index (χ2n) is 3.76. The monoisotopic (exact) mass is 260 g/mol. The number of anilines is 2. The van der Waals surface area contributed by atoms with Crippen molar-refractivity contribution in [2.75, 3.05) is 18.6 Å². The Hall–Kier alpha value is -2.83. The molecule has 0 amide bonds. The summed E-state index contributed by atoms with van der Waals surface area (Å²) < 4.78 is 5.93. The molecule has 5 N–H and O–H groups in total. The van der Waals surface area contributed by atoms with Gasteiger partial charge in [-0.05, 0) is 28.0 Å². The van der Waals surface area contributed by atoms with Gasteiger partial charge in [0, 0.05) is 12.1 Å². The van der Waals surface area contributed by atoms with Crippen molar-refractivity contribution in [2.45, 2.75) is 0 Å². The van der Waals surface area contributed by atoms with Crippen LogP contribution in [0.5, 0.6) is 5.75 Å². The number of nitrogens with two attached hydrogens (primary N) is 2. The molecule has 1 aromatic heterocycles. The highest BCUT2D eigenvalue weighted by molar-refractivity contribution is 5.73. The summed E-state index contributed by atoms with van der Waals surface area (Å²) in [5.74, 6) is 0.741. The van der Waals surface area contributed by atoms with Crippen molar-refractivity contribution >= 4 is 22.9 Å². The van der Waals surface area contributed by atoms with Crippen molar-refractivity contribution in [2.24, 2.45) is 10.2 Å². The quantitative estimate of drug-likeness (QED) is 0.338. The minimum absolute atomic E-state index is 0.276. The number of ether oxygens (including phenoxy) is 1. The standard InChI is InChI=1S/C12H13N5O2/c1-19-11-7-10(8(13)6-9(11)14)15-16-12-4-2-3-5-17(12)18/h2-7,18H,1H3,(H3,13,14)/p+1. The van der Waals surface area contributed by atoms with Gasteiger partial charge in [-0.25, -0.2) is 0 Å². The maximum Gasteiger partial charge on any atom is 0.388 e. The van der Waals surface area contributed by atoms with Gasteiger partial charge in [0.1, 0.15) is 17.6 Å². The van der Waals surface area contributed by atoms with Gasteiger partial charge >= 0.3 is 5.82 Å². The van der Waals surface area contributed by atoms with Crippen LogP contribution in [0.3, 0.4) is 0 Å². The molecule has 0 aliphatic carbocycles. The molecule has 7 nitrogen and oxygen atoms in total. The molecule has 0 aliphatic heterocycles. The zero-order valence-electron chi connectivity index (χ0n) is 10.3. The number of hydrogen-bond donors (Lipinski definition) is 3. The first-order chi connectivity index (χ1) is 9.11. The van der Waals surface area contributed by atoms with Gasteiger partial charge < -0.3 is 21.4 Å². The Labute approximate surface area is 109 Å². The second kappa shape index (κ2) is 5.21. The molecule has 1 aromatic carbocycles. The van der Waals surface area contributed by atoms with E-state index >= 15 is 0 Å². The molecule has 98 valence electrons. The van der Waals surface area contributed by atoms with E-state index < -0.39 is 0 Å². The average molecular weight is 260 g/mol. The Morgan fingerprint density at radius 3 is 2.63 bits per heavy atom. The molecule has 0 spiro atoms. The van der Waals surface area contributed by atoms with Gasteiger partial charge in [0.15, 0.2) is 0 Å². The number of methoxy groups -OCH3 is 1.